The van der Waals surface area contributed by atoms with Gasteiger partial charge in [0.2, 0.25) is 11.8 Å². The summed E-state index contributed by atoms with van der Waals surface area (Å²) in [5.41, 5.74) is 3.94. The van der Waals surface area contributed by atoms with Crippen LogP contribution in [0.2, 0.25) is 0 Å². The summed E-state index contributed by atoms with van der Waals surface area (Å²) in [6.07, 6.45) is 6.62. The molecule has 0 saturated carbocycles. The molecule has 0 heterocycles. The molecular weight excluding hydrogens is 320 g/mol. The van der Waals surface area contributed by atoms with Crippen LogP contribution in [-0.2, 0) is 14.4 Å². The molecule has 0 aromatic carbocycles. The molecule has 3 N–H and O–H groups in total. The molecule has 0 aliphatic carbocycles. The van der Waals surface area contributed by atoms with Crippen molar-refractivity contribution in [1.29, 1.82) is 0 Å². The number of rotatable bonds is 15. The highest BCUT2D eigenvalue weighted by Crippen LogP contribution is 2.30. The van der Waals surface area contributed by atoms with E-state index in [-0.39, 0.29) is 18.7 Å². The van der Waals surface area contributed by atoms with Crippen LogP contribution in [0, 0.1) is 0 Å². The van der Waals surface area contributed by atoms with Gasteiger partial charge in [-0.1, -0.05) is 52.9 Å². The van der Waals surface area contributed by atoms with Crippen LogP contribution in [0.3, 0.4) is 0 Å². The molecular formula is C19H36N2O4. The lowest BCUT2D eigenvalue weighted by Crippen LogP contribution is -2.57. The second-order valence-electron chi connectivity index (χ2n) is 6.76. The Labute approximate surface area is 152 Å². The van der Waals surface area contributed by atoms with Gasteiger partial charge in [0.15, 0.2) is 0 Å². The van der Waals surface area contributed by atoms with Crippen molar-refractivity contribution in [2.24, 2.45) is 5.73 Å². The van der Waals surface area contributed by atoms with E-state index >= 15 is 0 Å². The quantitative estimate of drug-likeness (QED) is 0.439. The fourth-order valence-electron chi connectivity index (χ4n) is 3.08. The zero-order chi connectivity index (χ0) is 19.3. The van der Waals surface area contributed by atoms with Crippen LogP contribution in [0.15, 0.2) is 0 Å². The number of carboxylic acid groups (broad SMARTS) is 1. The van der Waals surface area contributed by atoms with E-state index in [4.69, 9.17) is 5.73 Å². The number of hydrogen-bond acceptors (Lipinski definition) is 3. The van der Waals surface area contributed by atoms with E-state index in [2.05, 4.69) is 6.92 Å². The summed E-state index contributed by atoms with van der Waals surface area (Å²) >= 11 is 0. The maximum atomic E-state index is 12.8. The summed E-state index contributed by atoms with van der Waals surface area (Å²) in [6.45, 7) is 6.48. The molecule has 0 fully saturated rings. The maximum Gasteiger partial charge on any atom is 0.329 e. The standard InChI is InChI=1S/C19H36N2O4/c1-4-7-10-11-17(23)21(15-9-6-3)19(18(24)25,13-8-5-2)14-12-16(20)22/h4-15H2,1-3H3,(H2,20,22)(H,24,25)/t19-/m0/s1. The number of unbranched alkanes of at least 4 members (excludes halogenated alkanes) is 4. The molecule has 0 unspecified atom stereocenters. The van der Waals surface area contributed by atoms with Gasteiger partial charge in [0.05, 0.1) is 0 Å². The predicted molar refractivity (Wildman–Crippen MR) is 99.1 cm³/mol. The Morgan fingerprint density at radius 2 is 1.48 bits per heavy atom. The van der Waals surface area contributed by atoms with Crippen molar-refractivity contribution >= 4 is 17.8 Å². The van der Waals surface area contributed by atoms with Crippen molar-refractivity contribution < 1.29 is 19.5 Å². The van der Waals surface area contributed by atoms with Gasteiger partial charge < -0.3 is 15.7 Å². The van der Waals surface area contributed by atoms with Crippen molar-refractivity contribution in [1.82, 2.24) is 4.90 Å². The van der Waals surface area contributed by atoms with E-state index < -0.39 is 17.4 Å². The first kappa shape index (κ1) is 23.4. The average Bonchev–Trinajstić information content (AvgIpc) is 2.56. The Bertz CT molecular complexity index is 426. The number of carboxylic acids is 1. The van der Waals surface area contributed by atoms with Gasteiger partial charge in [-0.25, -0.2) is 4.79 Å². The minimum Gasteiger partial charge on any atom is -0.479 e. The lowest BCUT2D eigenvalue weighted by Gasteiger charge is -2.41. The van der Waals surface area contributed by atoms with Crippen molar-refractivity contribution in [3.05, 3.63) is 0 Å². The lowest BCUT2D eigenvalue weighted by molar-refractivity contribution is -0.161. The van der Waals surface area contributed by atoms with Gasteiger partial charge >= 0.3 is 5.97 Å². The normalized spacial score (nSPS) is 13.2. The Kier molecular flexibility index (Phi) is 11.9. The van der Waals surface area contributed by atoms with E-state index in [1.807, 2.05) is 13.8 Å². The van der Waals surface area contributed by atoms with Crippen LogP contribution in [0.25, 0.3) is 0 Å². The zero-order valence-electron chi connectivity index (χ0n) is 16.2. The highest BCUT2D eigenvalue weighted by Gasteiger charge is 2.45. The monoisotopic (exact) mass is 356 g/mol. The fourth-order valence-corrected chi connectivity index (χ4v) is 3.08. The molecule has 0 aliphatic heterocycles. The minimum absolute atomic E-state index is 0.0269. The number of primary amides is 1. The summed E-state index contributed by atoms with van der Waals surface area (Å²) in [5, 5.41) is 10.0. The summed E-state index contributed by atoms with van der Waals surface area (Å²) in [7, 11) is 0. The fraction of sp³-hybridized carbons (Fsp3) is 0.842. The largest absolute Gasteiger partial charge is 0.479 e. The van der Waals surface area contributed by atoms with Gasteiger partial charge in [-0.05, 0) is 25.7 Å². The Hall–Kier alpha value is -1.59. The molecule has 0 aromatic rings. The maximum absolute atomic E-state index is 12.8. The molecule has 0 saturated heterocycles. The molecule has 0 aliphatic rings. The molecule has 6 nitrogen and oxygen atoms in total. The number of aliphatic carboxylic acids is 1. The summed E-state index contributed by atoms with van der Waals surface area (Å²) < 4.78 is 0. The van der Waals surface area contributed by atoms with E-state index in [1.54, 1.807) is 0 Å². The molecule has 6 heteroatoms. The lowest BCUT2D eigenvalue weighted by atomic mass is 9.84. The van der Waals surface area contributed by atoms with Crippen LogP contribution in [0.5, 0.6) is 0 Å². The molecule has 146 valence electrons. The zero-order valence-corrected chi connectivity index (χ0v) is 16.2. The van der Waals surface area contributed by atoms with E-state index in [0.29, 0.717) is 25.8 Å². The average molecular weight is 357 g/mol. The highest BCUT2D eigenvalue weighted by molar-refractivity contribution is 5.88. The summed E-state index contributed by atoms with van der Waals surface area (Å²) in [6, 6.07) is 0. The Balaban J connectivity index is 5.61. The van der Waals surface area contributed by atoms with Crippen LogP contribution >= 0.6 is 0 Å². The van der Waals surface area contributed by atoms with Gasteiger partial charge in [-0.3, -0.25) is 9.59 Å². The molecule has 25 heavy (non-hydrogen) atoms. The first-order valence-electron chi connectivity index (χ1n) is 9.67. The van der Waals surface area contributed by atoms with Crippen molar-refractivity contribution in [3.63, 3.8) is 0 Å². The Morgan fingerprint density at radius 3 is 1.96 bits per heavy atom. The van der Waals surface area contributed by atoms with Gasteiger partial charge in [0, 0.05) is 19.4 Å². The SMILES string of the molecule is CCCCCC(=O)N(CCCC)[C@@](CCCC)(CCC(N)=O)C(=O)O. The first-order valence-corrected chi connectivity index (χ1v) is 9.67. The molecule has 0 bridgehead atoms. The third-order valence-electron chi connectivity index (χ3n) is 4.67. The number of amides is 2. The summed E-state index contributed by atoms with van der Waals surface area (Å²) in [5.74, 6) is -1.68. The third-order valence-corrected chi connectivity index (χ3v) is 4.67. The Morgan fingerprint density at radius 1 is 0.880 bits per heavy atom. The van der Waals surface area contributed by atoms with Crippen molar-refractivity contribution in [2.45, 2.75) is 96.9 Å². The molecule has 1 atom stereocenters. The number of nitrogens with zero attached hydrogens (tertiary/aromatic N) is 1. The van der Waals surface area contributed by atoms with Gasteiger partial charge in [-0.2, -0.15) is 0 Å². The molecule has 0 aromatic heterocycles. The third kappa shape index (κ3) is 7.88. The van der Waals surface area contributed by atoms with E-state index in [9.17, 15) is 19.5 Å². The van der Waals surface area contributed by atoms with Crippen molar-refractivity contribution in [3.8, 4) is 0 Å². The van der Waals surface area contributed by atoms with E-state index in [0.717, 1.165) is 38.5 Å². The van der Waals surface area contributed by atoms with E-state index in [1.165, 1.54) is 4.90 Å². The molecule has 0 radical (unpaired) electrons. The number of carbonyl (C=O) groups is 3. The summed E-state index contributed by atoms with van der Waals surface area (Å²) in [4.78, 5) is 37.9. The van der Waals surface area contributed by atoms with Crippen molar-refractivity contribution in [2.75, 3.05) is 6.54 Å². The topological polar surface area (TPSA) is 101 Å². The van der Waals surface area contributed by atoms with Crippen LogP contribution in [-0.4, -0.2) is 39.9 Å². The minimum atomic E-state index is -1.33. The molecule has 0 rings (SSSR count). The van der Waals surface area contributed by atoms with Gasteiger partial charge in [0.1, 0.15) is 5.54 Å². The predicted octanol–water partition coefficient (Wildman–Crippen LogP) is 3.47. The first-order chi connectivity index (χ1) is 11.9. The van der Waals surface area contributed by atoms with Gasteiger partial charge in [-0.15, -0.1) is 0 Å². The molecule has 0 spiro atoms. The number of nitrogens with two attached hydrogens (primary N) is 1. The van der Waals surface area contributed by atoms with Crippen LogP contribution in [0.1, 0.15) is 91.4 Å². The van der Waals surface area contributed by atoms with Gasteiger partial charge in [0.25, 0.3) is 0 Å². The second-order valence-corrected chi connectivity index (χ2v) is 6.76. The van der Waals surface area contributed by atoms with Crippen LogP contribution < -0.4 is 5.73 Å². The second kappa shape index (κ2) is 12.7. The smallest absolute Gasteiger partial charge is 0.329 e. The highest BCUT2D eigenvalue weighted by atomic mass is 16.4. The number of carbonyl (C=O) groups excluding carboxylic acids is 2. The van der Waals surface area contributed by atoms with Crippen LogP contribution in [0.4, 0.5) is 0 Å². The number of hydrogen-bond donors (Lipinski definition) is 2. The molecule has 2 amide bonds.